The van der Waals surface area contributed by atoms with Crippen molar-refractivity contribution in [2.45, 2.75) is 71.9 Å². The van der Waals surface area contributed by atoms with Gasteiger partial charge >= 0.3 is 5.97 Å². The summed E-state index contributed by atoms with van der Waals surface area (Å²) < 4.78 is 15.5. The monoisotopic (exact) mass is 469 g/mol. The van der Waals surface area contributed by atoms with Crippen LogP contribution in [0.1, 0.15) is 40.2 Å². The van der Waals surface area contributed by atoms with Crippen molar-refractivity contribution in [1.82, 2.24) is 0 Å². The number of benzene rings is 1. The van der Waals surface area contributed by atoms with Crippen molar-refractivity contribution in [2.24, 2.45) is 10.8 Å². The van der Waals surface area contributed by atoms with Crippen LogP contribution in [0.2, 0.25) is 0 Å². The molecule has 0 radical (unpaired) electrons. The highest BCUT2D eigenvalue weighted by atomic mass is 16.7. The number of carbonyl (C=O) groups excluding carboxylic acids is 2. The molecule has 184 valence electrons. The van der Waals surface area contributed by atoms with Crippen molar-refractivity contribution in [1.29, 1.82) is 0 Å². The number of rotatable bonds is 8. The highest BCUT2D eigenvalue weighted by Gasteiger charge is 2.48. The fourth-order valence-electron chi connectivity index (χ4n) is 2.89. The second-order valence-electron chi connectivity index (χ2n) is 9.42. The van der Waals surface area contributed by atoms with Crippen LogP contribution < -0.4 is 10.1 Å². The van der Waals surface area contributed by atoms with E-state index in [1.54, 1.807) is 13.8 Å². The van der Waals surface area contributed by atoms with Crippen molar-refractivity contribution >= 4 is 24.0 Å². The third-order valence-electron chi connectivity index (χ3n) is 6.11. The zero-order valence-corrected chi connectivity index (χ0v) is 19.1. The average Bonchev–Trinajstić information content (AvgIpc) is 2.72. The average molecular weight is 469 g/mol. The zero-order chi connectivity index (χ0) is 25.1. The summed E-state index contributed by atoms with van der Waals surface area (Å²) >= 11 is 0. The van der Waals surface area contributed by atoms with Crippen LogP contribution in [0.15, 0.2) is 18.2 Å². The summed E-state index contributed by atoms with van der Waals surface area (Å²) in [5, 5.41) is 42.1. The van der Waals surface area contributed by atoms with E-state index < -0.39 is 47.5 Å². The Morgan fingerprint density at radius 3 is 2.27 bits per heavy atom. The molecule has 33 heavy (non-hydrogen) atoms. The topological polar surface area (TPSA) is 172 Å². The molecular weight excluding hydrogens is 438 g/mol. The largest absolute Gasteiger partial charge is 0.479 e. The fraction of sp³-hybridized carbons (Fsp3) is 0.591. The van der Waals surface area contributed by atoms with Crippen molar-refractivity contribution in [3.8, 4) is 5.75 Å². The van der Waals surface area contributed by atoms with Gasteiger partial charge in [0.2, 0.25) is 12.2 Å². The summed E-state index contributed by atoms with van der Waals surface area (Å²) in [7, 11) is 0. The Morgan fingerprint density at radius 1 is 1.09 bits per heavy atom. The molecule has 0 unspecified atom stereocenters. The summed E-state index contributed by atoms with van der Waals surface area (Å²) in [6.45, 7) is 9.45. The summed E-state index contributed by atoms with van der Waals surface area (Å²) in [5.41, 5.74) is -0.571. The van der Waals surface area contributed by atoms with Crippen LogP contribution in [-0.4, -0.2) is 69.5 Å². The molecule has 0 aromatic heterocycles. The van der Waals surface area contributed by atoms with Gasteiger partial charge in [0.1, 0.15) is 30.7 Å². The number of anilines is 1. The number of hydrogen-bond donors (Lipinski definition) is 5. The van der Waals surface area contributed by atoms with E-state index in [4.69, 9.17) is 14.2 Å². The van der Waals surface area contributed by atoms with Gasteiger partial charge in [0.25, 0.3) is 6.47 Å². The number of amides is 1. The highest BCUT2D eigenvalue weighted by Crippen LogP contribution is 2.40. The van der Waals surface area contributed by atoms with E-state index in [9.17, 15) is 34.8 Å². The van der Waals surface area contributed by atoms with Crippen LogP contribution in [-0.2, 0) is 30.5 Å². The number of aliphatic carboxylic acids is 1. The minimum atomic E-state index is -1.87. The molecule has 0 aliphatic carbocycles. The number of hydrogen-bond acceptors (Lipinski definition) is 9. The van der Waals surface area contributed by atoms with Crippen molar-refractivity contribution in [3.63, 3.8) is 0 Å². The first-order chi connectivity index (χ1) is 15.2. The Labute approximate surface area is 191 Å². The summed E-state index contributed by atoms with van der Waals surface area (Å²) in [5.74, 6) is -1.90. The molecule has 11 heteroatoms. The quantitative estimate of drug-likeness (QED) is 0.340. The minimum Gasteiger partial charge on any atom is -0.479 e. The first-order valence-corrected chi connectivity index (χ1v) is 10.3. The van der Waals surface area contributed by atoms with Crippen LogP contribution in [0.5, 0.6) is 5.75 Å². The Bertz CT molecular complexity index is 878. The lowest BCUT2D eigenvalue weighted by Crippen LogP contribution is -2.61. The van der Waals surface area contributed by atoms with Gasteiger partial charge in [-0.15, -0.1) is 0 Å². The maximum Gasteiger partial charge on any atom is 0.335 e. The molecule has 1 heterocycles. The molecule has 1 saturated heterocycles. The van der Waals surface area contributed by atoms with E-state index in [1.165, 1.54) is 18.2 Å². The molecule has 1 aliphatic heterocycles. The first-order valence-electron chi connectivity index (χ1n) is 10.3. The number of aliphatic hydroxyl groups is 3. The molecule has 1 aromatic carbocycles. The molecule has 5 atom stereocenters. The minimum absolute atomic E-state index is 0.000286. The molecule has 11 nitrogen and oxygen atoms in total. The Hall–Kier alpha value is -2.73. The second kappa shape index (κ2) is 10.0. The van der Waals surface area contributed by atoms with E-state index in [1.807, 2.05) is 20.8 Å². The maximum absolute atomic E-state index is 13.1. The van der Waals surface area contributed by atoms with Crippen LogP contribution in [0, 0.1) is 10.8 Å². The predicted molar refractivity (Wildman–Crippen MR) is 114 cm³/mol. The standard InChI is InChI=1S/C22H31NO10/c1-21(2,3)22(4,5)20(30)23-12-8-11(9-31-10-24)6-7-13(12)32-19-16(27)14(25)15(26)17(33-19)18(28)29/h6-8,10,14-17,19,25-27H,9H2,1-5H3,(H,23,30)(H,28,29)/t14-,15-,16+,17-,19+/m1/s1. The van der Waals surface area contributed by atoms with Gasteiger partial charge in [0.15, 0.2) is 6.10 Å². The molecule has 1 amide bonds. The maximum atomic E-state index is 13.1. The summed E-state index contributed by atoms with van der Waals surface area (Å²) in [6.07, 6.45) is -8.99. The highest BCUT2D eigenvalue weighted by molar-refractivity contribution is 5.96. The zero-order valence-electron chi connectivity index (χ0n) is 19.1. The van der Waals surface area contributed by atoms with E-state index in [2.05, 4.69) is 5.32 Å². The van der Waals surface area contributed by atoms with Crippen molar-refractivity contribution in [2.75, 3.05) is 5.32 Å². The summed E-state index contributed by atoms with van der Waals surface area (Å²) in [6, 6.07) is 4.43. The molecule has 1 fully saturated rings. The third-order valence-corrected chi connectivity index (χ3v) is 6.11. The number of aliphatic hydroxyl groups excluding tert-OH is 3. The summed E-state index contributed by atoms with van der Waals surface area (Å²) in [4.78, 5) is 34.9. The molecule has 2 rings (SSSR count). The van der Waals surface area contributed by atoms with Gasteiger partial charge in [0.05, 0.1) is 5.69 Å². The molecule has 1 aromatic rings. The van der Waals surface area contributed by atoms with Crippen LogP contribution in [0.3, 0.4) is 0 Å². The normalized spacial score (nSPS) is 25.8. The van der Waals surface area contributed by atoms with E-state index in [-0.39, 0.29) is 30.4 Å². The first kappa shape index (κ1) is 26.5. The Kier molecular flexibility index (Phi) is 8.07. The molecule has 1 aliphatic rings. The van der Waals surface area contributed by atoms with Crippen molar-refractivity contribution in [3.05, 3.63) is 23.8 Å². The van der Waals surface area contributed by atoms with Gasteiger partial charge in [-0.1, -0.05) is 40.7 Å². The molecule has 5 N–H and O–H groups in total. The Balaban J connectivity index is 2.38. The van der Waals surface area contributed by atoms with Gasteiger partial charge in [0, 0.05) is 5.41 Å². The van der Waals surface area contributed by atoms with Gasteiger partial charge in [-0.2, -0.15) is 0 Å². The molecule has 0 saturated carbocycles. The van der Waals surface area contributed by atoms with Crippen LogP contribution >= 0.6 is 0 Å². The SMILES string of the molecule is CC(C)(C)C(C)(C)C(=O)Nc1cc(COC=O)ccc1O[C@H]1O[C@@H](C(=O)O)[C@H](O)[C@@H](O)[C@@H]1O. The lowest BCUT2D eigenvalue weighted by molar-refractivity contribution is -0.271. The molecule has 0 bridgehead atoms. The number of ether oxygens (including phenoxy) is 3. The van der Waals surface area contributed by atoms with E-state index in [0.29, 0.717) is 5.56 Å². The van der Waals surface area contributed by atoms with E-state index >= 15 is 0 Å². The van der Waals surface area contributed by atoms with Gasteiger partial charge in [-0.05, 0) is 23.1 Å². The van der Waals surface area contributed by atoms with Gasteiger partial charge in [-0.3, -0.25) is 9.59 Å². The lowest BCUT2D eigenvalue weighted by atomic mass is 9.68. The van der Waals surface area contributed by atoms with Gasteiger partial charge in [-0.25, -0.2) is 4.79 Å². The van der Waals surface area contributed by atoms with Gasteiger partial charge < -0.3 is 40.0 Å². The third kappa shape index (κ3) is 5.80. The number of carboxylic acid groups (broad SMARTS) is 1. The smallest absolute Gasteiger partial charge is 0.335 e. The van der Waals surface area contributed by atoms with Crippen molar-refractivity contribution < 1.29 is 49.0 Å². The molecule has 0 spiro atoms. The van der Waals surface area contributed by atoms with E-state index in [0.717, 1.165) is 0 Å². The number of carbonyl (C=O) groups is 3. The van der Waals surface area contributed by atoms with Crippen LogP contribution in [0.4, 0.5) is 5.69 Å². The number of nitrogens with one attached hydrogen (secondary N) is 1. The van der Waals surface area contributed by atoms with Crippen LogP contribution in [0.25, 0.3) is 0 Å². The Morgan fingerprint density at radius 2 is 1.73 bits per heavy atom. The number of carboxylic acids is 1. The molecular formula is C22H31NO10. The fourth-order valence-corrected chi connectivity index (χ4v) is 2.89. The second-order valence-corrected chi connectivity index (χ2v) is 9.42. The lowest BCUT2D eigenvalue weighted by Gasteiger charge is -2.39. The predicted octanol–water partition coefficient (Wildman–Crippen LogP) is 0.641.